The second-order valence-corrected chi connectivity index (χ2v) is 11.9. The number of nitrogen functional groups attached to an aromatic ring is 2. The SMILES string of the molecule is CCCCNC(=O)c1ccc2c(c1)C(=O)OC21c2ccc(N)c(S(=O)(=O)O)c2Oc2c1ccc(N)c2S(=O)(=O)O. The largest absolute Gasteiger partial charge is 0.453 e. The number of hydrogen-bond donors (Lipinski definition) is 5. The molecule has 5 rings (SSSR count). The van der Waals surface area contributed by atoms with E-state index in [1.54, 1.807) is 0 Å². The number of carbonyl (C=O) groups excluding carboxylic acids is 2. The number of amides is 1. The number of esters is 1. The Bertz CT molecular complexity index is 1750. The number of carbonyl (C=O) groups is 2. The molecular weight excluding hydrogens is 566 g/mol. The standard InChI is InChI=1S/C25H23N3O10S2/c1-2-3-10-28-23(29)12-4-5-14-13(11-12)24(30)38-25(14)15-6-8-17(26)21(39(31,32)33)19(15)37-20-16(25)7-9-18(27)22(20)40(34,35)36/h4-9,11H,2-3,10,26-27H2,1H3,(H,28,29)(H,31,32,33)(H,34,35,36). The normalized spacial score (nSPS) is 15.0. The molecule has 0 aliphatic carbocycles. The molecular formula is C25H23N3O10S2. The van der Waals surface area contributed by atoms with Crippen LogP contribution in [-0.4, -0.2) is 44.4 Å². The molecule has 40 heavy (non-hydrogen) atoms. The van der Waals surface area contributed by atoms with Crippen LogP contribution in [0.1, 0.15) is 57.2 Å². The number of anilines is 2. The lowest BCUT2D eigenvalue weighted by molar-refractivity contribution is 0.0221. The molecule has 0 fully saturated rings. The Kier molecular flexibility index (Phi) is 6.29. The lowest BCUT2D eigenvalue weighted by atomic mass is 9.77. The van der Waals surface area contributed by atoms with E-state index < -0.39 is 70.4 Å². The molecule has 3 aromatic carbocycles. The van der Waals surface area contributed by atoms with E-state index in [2.05, 4.69) is 5.32 Å². The van der Waals surface area contributed by atoms with Crippen molar-refractivity contribution in [2.75, 3.05) is 18.0 Å². The van der Waals surface area contributed by atoms with Crippen LogP contribution in [0.5, 0.6) is 11.5 Å². The number of nitrogens with one attached hydrogen (secondary N) is 1. The molecule has 0 aromatic heterocycles. The quantitative estimate of drug-likeness (QED) is 0.121. The van der Waals surface area contributed by atoms with Crippen LogP contribution in [-0.2, 0) is 30.6 Å². The Labute approximate surface area is 228 Å². The first kappa shape index (κ1) is 27.4. The summed E-state index contributed by atoms with van der Waals surface area (Å²) >= 11 is 0. The van der Waals surface area contributed by atoms with Crippen molar-refractivity contribution in [1.29, 1.82) is 0 Å². The predicted molar refractivity (Wildman–Crippen MR) is 140 cm³/mol. The highest BCUT2D eigenvalue weighted by atomic mass is 32.2. The molecule has 2 aliphatic heterocycles. The summed E-state index contributed by atoms with van der Waals surface area (Å²) in [6.45, 7) is 2.38. The van der Waals surface area contributed by atoms with Gasteiger partial charge in [0, 0.05) is 28.8 Å². The lowest BCUT2D eigenvalue weighted by Gasteiger charge is -2.37. The van der Waals surface area contributed by atoms with Gasteiger partial charge in [-0.05, 0) is 42.8 Å². The molecule has 1 amide bonds. The smallest absolute Gasteiger partial charge is 0.340 e. The fraction of sp³-hybridized carbons (Fsp3) is 0.200. The van der Waals surface area contributed by atoms with Gasteiger partial charge in [0.2, 0.25) is 0 Å². The Hall–Kier alpha value is -4.18. The summed E-state index contributed by atoms with van der Waals surface area (Å²) in [4.78, 5) is 24.1. The van der Waals surface area contributed by atoms with Gasteiger partial charge in [-0.15, -0.1) is 0 Å². The summed E-state index contributed by atoms with van der Waals surface area (Å²) in [5, 5.41) is 2.74. The van der Waals surface area contributed by atoms with Crippen LogP contribution in [0.15, 0.2) is 52.3 Å². The summed E-state index contributed by atoms with van der Waals surface area (Å²) in [7, 11) is -10.2. The average molecular weight is 590 g/mol. The first-order valence-corrected chi connectivity index (χ1v) is 14.7. The number of fused-ring (bicyclic) bond motifs is 6. The third-order valence-corrected chi connectivity index (χ3v) is 8.58. The third-order valence-electron chi connectivity index (χ3n) is 6.71. The van der Waals surface area contributed by atoms with Crippen molar-refractivity contribution in [3.05, 3.63) is 70.3 Å². The van der Waals surface area contributed by atoms with E-state index in [4.69, 9.17) is 20.9 Å². The van der Waals surface area contributed by atoms with Crippen LogP contribution in [0, 0.1) is 0 Å². The first-order chi connectivity index (χ1) is 18.7. The van der Waals surface area contributed by atoms with E-state index >= 15 is 0 Å². The minimum Gasteiger partial charge on any atom is -0.453 e. The maximum atomic E-state index is 13.3. The summed E-state index contributed by atoms with van der Waals surface area (Å²) in [6.07, 6.45) is 1.60. The van der Waals surface area contributed by atoms with Gasteiger partial charge in [-0.3, -0.25) is 13.9 Å². The van der Waals surface area contributed by atoms with Gasteiger partial charge >= 0.3 is 5.97 Å². The zero-order valence-corrected chi connectivity index (χ0v) is 22.4. The molecule has 210 valence electrons. The van der Waals surface area contributed by atoms with Crippen molar-refractivity contribution in [1.82, 2.24) is 5.32 Å². The molecule has 0 saturated heterocycles. The van der Waals surface area contributed by atoms with Gasteiger partial charge in [0.15, 0.2) is 26.9 Å². The fourth-order valence-corrected chi connectivity index (χ4v) is 6.49. The molecule has 3 aromatic rings. The minimum atomic E-state index is -5.09. The van der Waals surface area contributed by atoms with Crippen LogP contribution in [0.4, 0.5) is 11.4 Å². The first-order valence-electron chi connectivity index (χ1n) is 11.9. The van der Waals surface area contributed by atoms with Gasteiger partial charge in [-0.2, -0.15) is 16.8 Å². The van der Waals surface area contributed by atoms with Crippen LogP contribution in [0.2, 0.25) is 0 Å². The van der Waals surface area contributed by atoms with Crippen molar-refractivity contribution < 1.29 is 45.0 Å². The minimum absolute atomic E-state index is 0.0718. The van der Waals surface area contributed by atoms with E-state index in [9.17, 15) is 35.5 Å². The van der Waals surface area contributed by atoms with Crippen LogP contribution in [0.3, 0.4) is 0 Å². The molecule has 0 unspecified atom stereocenters. The van der Waals surface area contributed by atoms with E-state index in [0.717, 1.165) is 25.0 Å². The van der Waals surface area contributed by atoms with Gasteiger partial charge in [-0.1, -0.05) is 19.4 Å². The summed E-state index contributed by atoms with van der Waals surface area (Å²) < 4.78 is 81.1. The third kappa shape index (κ3) is 4.05. The van der Waals surface area contributed by atoms with Crippen molar-refractivity contribution in [2.24, 2.45) is 0 Å². The van der Waals surface area contributed by atoms with E-state index in [0.29, 0.717) is 6.54 Å². The number of benzene rings is 3. The van der Waals surface area contributed by atoms with E-state index in [1.807, 2.05) is 6.92 Å². The summed E-state index contributed by atoms with van der Waals surface area (Å²) in [6, 6.07) is 8.98. The molecule has 2 aliphatic rings. The highest BCUT2D eigenvalue weighted by Gasteiger charge is 2.56. The van der Waals surface area contributed by atoms with Crippen molar-refractivity contribution in [3.63, 3.8) is 0 Å². The number of unbranched alkanes of at least 4 members (excludes halogenated alkanes) is 1. The number of rotatable bonds is 6. The Morgan fingerprint density at radius 1 is 0.900 bits per heavy atom. The summed E-state index contributed by atoms with van der Waals surface area (Å²) in [5.41, 5.74) is 8.66. The number of nitrogens with two attached hydrogens (primary N) is 2. The second-order valence-electron chi connectivity index (χ2n) is 9.21. The molecule has 0 radical (unpaired) electrons. The number of ether oxygens (including phenoxy) is 2. The highest BCUT2D eigenvalue weighted by Crippen LogP contribution is 2.59. The molecule has 2 heterocycles. The maximum Gasteiger partial charge on any atom is 0.340 e. The van der Waals surface area contributed by atoms with Crippen molar-refractivity contribution >= 4 is 43.5 Å². The number of hydrogen-bond acceptors (Lipinski definition) is 10. The van der Waals surface area contributed by atoms with Gasteiger partial charge in [0.25, 0.3) is 26.1 Å². The molecule has 0 saturated carbocycles. The van der Waals surface area contributed by atoms with Gasteiger partial charge in [-0.25, -0.2) is 4.79 Å². The average Bonchev–Trinajstić information content (AvgIpc) is 3.14. The maximum absolute atomic E-state index is 13.3. The molecule has 0 atom stereocenters. The van der Waals surface area contributed by atoms with Crippen LogP contribution in [0.25, 0.3) is 0 Å². The Morgan fingerprint density at radius 3 is 1.93 bits per heavy atom. The molecule has 7 N–H and O–H groups in total. The molecule has 1 spiro atoms. The zero-order chi connectivity index (χ0) is 29.2. The van der Waals surface area contributed by atoms with Crippen LogP contribution < -0.4 is 21.5 Å². The van der Waals surface area contributed by atoms with Gasteiger partial charge < -0.3 is 26.3 Å². The Balaban J connectivity index is 1.85. The zero-order valence-electron chi connectivity index (χ0n) is 20.8. The van der Waals surface area contributed by atoms with Crippen LogP contribution >= 0.6 is 0 Å². The molecule has 13 nitrogen and oxygen atoms in total. The molecule has 15 heteroatoms. The summed E-state index contributed by atoms with van der Waals surface area (Å²) in [5.74, 6) is -2.66. The fourth-order valence-electron chi connectivity index (χ4n) is 4.98. The van der Waals surface area contributed by atoms with Gasteiger partial charge in [0.05, 0.1) is 16.9 Å². The lowest BCUT2D eigenvalue weighted by Crippen LogP contribution is -2.34. The molecule has 0 bridgehead atoms. The monoisotopic (exact) mass is 589 g/mol. The topological polar surface area (TPSA) is 225 Å². The highest BCUT2D eigenvalue weighted by molar-refractivity contribution is 7.86. The van der Waals surface area contributed by atoms with Crippen molar-refractivity contribution in [3.8, 4) is 11.5 Å². The Morgan fingerprint density at radius 2 is 1.43 bits per heavy atom. The van der Waals surface area contributed by atoms with E-state index in [1.165, 1.54) is 30.3 Å². The van der Waals surface area contributed by atoms with Crippen molar-refractivity contribution in [2.45, 2.75) is 35.2 Å². The predicted octanol–water partition coefficient (Wildman–Crippen LogP) is 2.44. The second kappa shape index (κ2) is 9.19. The van der Waals surface area contributed by atoms with E-state index in [-0.39, 0.29) is 27.8 Å². The van der Waals surface area contributed by atoms with Gasteiger partial charge in [0.1, 0.15) is 0 Å².